The summed E-state index contributed by atoms with van der Waals surface area (Å²) in [6, 6.07) is 0. The van der Waals surface area contributed by atoms with Crippen molar-refractivity contribution in [2.45, 2.75) is 290 Å². The topological polar surface area (TPSA) is 134 Å². The molecule has 0 bridgehead atoms. The molecule has 3 N–H and O–H groups in total. The van der Waals surface area contributed by atoms with E-state index in [1.807, 2.05) is 0 Å². The van der Waals surface area contributed by atoms with Crippen molar-refractivity contribution in [3.63, 3.8) is 0 Å². The highest BCUT2D eigenvalue weighted by Gasteiger charge is 2.26. The fraction of sp³-hybridized carbons (Fsp3) is 0.710. The minimum atomic E-state index is -4.40. The lowest BCUT2D eigenvalue weighted by atomic mass is 10.0. The first-order chi connectivity index (χ1) is 38.8. The Morgan fingerprint density at radius 3 is 1.04 bits per heavy atom. The third kappa shape index (κ3) is 63.7. The average Bonchev–Trinajstić information content (AvgIpc) is 3.44. The number of ether oxygens (including phenoxy) is 2. The lowest BCUT2D eigenvalue weighted by Crippen LogP contribution is -2.29. The van der Waals surface area contributed by atoms with Crippen molar-refractivity contribution in [3.05, 3.63) is 109 Å². The molecule has 0 amide bonds. The standard InChI is InChI=1S/C69H120NO8P/c1-3-5-7-9-11-13-15-17-19-21-23-25-27-29-30-31-32-33-34-35-36-38-40-42-44-46-48-50-52-54-56-58-60-62-69(72)78-67(66-77-79(73,74)76-64-63-70)65-75-68(71)61-59-57-55-53-51-49-47-45-43-41-39-37-28-26-24-22-20-18-16-14-12-10-8-6-4-2/h5,7,11,13,16-19,22-25,29-30,32-33,35-36,67H,3-4,6,8-10,12,14-15,20-21,26-28,31,34,37-66,70H2,1-2H3,(H,73,74)/b7-5-,13-11-,18-16-,19-17-,24-22-,25-23-,30-29-,33-32-,36-35-. The lowest BCUT2D eigenvalue weighted by Gasteiger charge is -2.19. The van der Waals surface area contributed by atoms with Gasteiger partial charge in [0.05, 0.1) is 13.2 Å². The van der Waals surface area contributed by atoms with Crippen LogP contribution in [0.1, 0.15) is 284 Å². The molecule has 0 spiro atoms. The minimum Gasteiger partial charge on any atom is -0.462 e. The van der Waals surface area contributed by atoms with Crippen LogP contribution in [0.15, 0.2) is 109 Å². The predicted molar refractivity (Wildman–Crippen MR) is 339 cm³/mol. The molecule has 0 aliphatic rings. The molecule has 0 aromatic carbocycles. The second-order valence-electron chi connectivity index (χ2n) is 21.2. The van der Waals surface area contributed by atoms with E-state index in [0.29, 0.717) is 6.42 Å². The van der Waals surface area contributed by atoms with Crippen molar-refractivity contribution in [2.75, 3.05) is 26.4 Å². The van der Waals surface area contributed by atoms with E-state index in [0.717, 1.165) is 96.3 Å². The van der Waals surface area contributed by atoms with E-state index in [-0.39, 0.29) is 38.6 Å². The first-order valence-corrected chi connectivity index (χ1v) is 33.9. The number of phosphoric acid groups is 1. The lowest BCUT2D eigenvalue weighted by molar-refractivity contribution is -0.161. The molecule has 0 radical (unpaired) electrons. The molecule has 0 rings (SSSR count). The molecule has 0 aromatic heterocycles. The Morgan fingerprint density at radius 1 is 0.392 bits per heavy atom. The van der Waals surface area contributed by atoms with Gasteiger partial charge in [-0.2, -0.15) is 0 Å². The molecule has 0 saturated carbocycles. The van der Waals surface area contributed by atoms with Gasteiger partial charge in [0.25, 0.3) is 0 Å². The van der Waals surface area contributed by atoms with Gasteiger partial charge in [0.1, 0.15) is 6.61 Å². The second-order valence-corrected chi connectivity index (χ2v) is 22.7. The van der Waals surface area contributed by atoms with Crippen LogP contribution < -0.4 is 5.73 Å². The average molecular weight is 1120 g/mol. The predicted octanol–water partition coefficient (Wildman–Crippen LogP) is 21.0. The third-order valence-electron chi connectivity index (χ3n) is 13.6. The van der Waals surface area contributed by atoms with Gasteiger partial charge >= 0.3 is 19.8 Å². The first kappa shape index (κ1) is 75.7. The fourth-order valence-electron chi connectivity index (χ4n) is 8.88. The highest BCUT2D eigenvalue weighted by molar-refractivity contribution is 7.47. The zero-order valence-electron chi connectivity index (χ0n) is 50.8. The molecule has 10 heteroatoms. The van der Waals surface area contributed by atoms with Crippen LogP contribution >= 0.6 is 7.82 Å². The number of hydrogen-bond donors (Lipinski definition) is 2. The summed E-state index contributed by atoms with van der Waals surface area (Å²) in [5, 5.41) is 0. The van der Waals surface area contributed by atoms with Crippen LogP contribution in [0, 0.1) is 0 Å². The smallest absolute Gasteiger partial charge is 0.462 e. The Morgan fingerprint density at radius 2 is 0.696 bits per heavy atom. The molecule has 454 valence electrons. The highest BCUT2D eigenvalue weighted by Crippen LogP contribution is 2.43. The number of carbonyl (C=O) groups excluding carboxylic acids is 2. The van der Waals surface area contributed by atoms with E-state index >= 15 is 0 Å². The van der Waals surface area contributed by atoms with Gasteiger partial charge in [-0.1, -0.05) is 277 Å². The van der Waals surface area contributed by atoms with Gasteiger partial charge in [0.15, 0.2) is 6.10 Å². The molecular formula is C69H120NO8P. The minimum absolute atomic E-state index is 0.0489. The fourth-order valence-corrected chi connectivity index (χ4v) is 9.65. The Labute approximate surface area is 486 Å². The Kier molecular flexibility index (Phi) is 61.2. The Balaban J connectivity index is 3.95. The number of esters is 2. The Hall–Kier alpha value is -3.33. The number of phosphoric ester groups is 1. The van der Waals surface area contributed by atoms with Gasteiger partial charge < -0.3 is 20.1 Å². The van der Waals surface area contributed by atoms with Crippen molar-refractivity contribution >= 4 is 19.8 Å². The summed E-state index contributed by atoms with van der Waals surface area (Å²) in [4.78, 5) is 35.3. The van der Waals surface area contributed by atoms with Crippen molar-refractivity contribution in [3.8, 4) is 0 Å². The summed E-state index contributed by atoms with van der Waals surface area (Å²) in [7, 11) is -4.40. The SMILES string of the molecule is CC/C=C\C/C=C\C/C=C\C/C=C\C/C=C\C/C=C\C/C=C\CCCCCCCCCCCCCC(=O)OC(COC(=O)CCCCCCCCCCCCCCC/C=C\C/C=C\CCCCCCC)COP(=O)(O)OCCN. The van der Waals surface area contributed by atoms with E-state index in [9.17, 15) is 19.0 Å². The van der Waals surface area contributed by atoms with Gasteiger partial charge in [-0.15, -0.1) is 0 Å². The van der Waals surface area contributed by atoms with E-state index in [1.165, 1.54) is 154 Å². The number of hydrogen-bond acceptors (Lipinski definition) is 8. The molecule has 0 aromatic rings. The van der Waals surface area contributed by atoms with Gasteiger partial charge in [0, 0.05) is 19.4 Å². The molecule has 0 fully saturated rings. The van der Waals surface area contributed by atoms with Gasteiger partial charge in [-0.25, -0.2) is 4.57 Å². The van der Waals surface area contributed by atoms with Crippen molar-refractivity contribution in [1.29, 1.82) is 0 Å². The van der Waals surface area contributed by atoms with Crippen LogP contribution in [0.3, 0.4) is 0 Å². The summed E-state index contributed by atoms with van der Waals surface area (Å²) in [5.41, 5.74) is 5.39. The van der Waals surface area contributed by atoms with Crippen LogP contribution in [0.5, 0.6) is 0 Å². The first-order valence-electron chi connectivity index (χ1n) is 32.4. The Bertz CT molecular complexity index is 1660. The zero-order valence-corrected chi connectivity index (χ0v) is 51.7. The number of nitrogens with two attached hydrogens (primary N) is 1. The maximum atomic E-state index is 12.7. The molecule has 2 unspecified atom stereocenters. The molecular weight excluding hydrogens is 1000 g/mol. The van der Waals surface area contributed by atoms with E-state index in [4.69, 9.17) is 24.3 Å². The van der Waals surface area contributed by atoms with Crippen molar-refractivity contribution < 1.29 is 37.6 Å². The molecule has 2 atom stereocenters. The van der Waals surface area contributed by atoms with Crippen LogP contribution in [-0.2, 0) is 32.7 Å². The van der Waals surface area contributed by atoms with Crippen LogP contribution in [0.25, 0.3) is 0 Å². The number of carbonyl (C=O) groups is 2. The van der Waals surface area contributed by atoms with E-state index in [1.54, 1.807) is 0 Å². The molecule has 0 aliphatic carbocycles. The summed E-state index contributed by atoms with van der Waals surface area (Å²) in [6.07, 6.45) is 87.2. The summed E-state index contributed by atoms with van der Waals surface area (Å²) < 4.78 is 33.1. The molecule has 0 saturated heterocycles. The van der Waals surface area contributed by atoms with E-state index < -0.39 is 26.5 Å². The number of rotatable bonds is 60. The van der Waals surface area contributed by atoms with Crippen molar-refractivity contribution in [1.82, 2.24) is 0 Å². The quantitative estimate of drug-likeness (QED) is 0.0264. The maximum absolute atomic E-state index is 12.7. The molecule has 0 heterocycles. The van der Waals surface area contributed by atoms with Crippen molar-refractivity contribution in [2.24, 2.45) is 5.73 Å². The largest absolute Gasteiger partial charge is 0.472 e. The number of unbranched alkanes of at least 4 members (excludes halogenated alkanes) is 29. The summed E-state index contributed by atoms with van der Waals surface area (Å²) in [5.74, 6) is -0.829. The van der Waals surface area contributed by atoms with Gasteiger partial charge in [-0.3, -0.25) is 18.6 Å². The molecule has 0 aliphatic heterocycles. The van der Waals surface area contributed by atoms with E-state index in [2.05, 4.69) is 123 Å². The zero-order chi connectivity index (χ0) is 57.3. The molecule has 79 heavy (non-hydrogen) atoms. The molecule has 9 nitrogen and oxygen atoms in total. The van der Waals surface area contributed by atoms with Crippen LogP contribution in [-0.4, -0.2) is 49.3 Å². The maximum Gasteiger partial charge on any atom is 0.472 e. The van der Waals surface area contributed by atoms with Crippen LogP contribution in [0.2, 0.25) is 0 Å². The monoisotopic (exact) mass is 1120 g/mol. The van der Waals surface area contributed by atoms with Gasteiger partial charge in [0.2, 0.25) is 0 Å². The van der Waals surface area contributed by atoms with Crippen LogP contribution in [0.4, 0.5) is 0 Å². The normalized spacial score (nSPS) is 13.7. The summed E-state index contributed by atoms with van der Waals surface area (Å²) >= 11 is 0. The highest BCUT2D eigenvalue weighted by atomic mass is 31.2. The third-order valence-corrected chi connectivity index (χ3v) is 14.6. The van der Waals surface area contributed by atoms with Gasteiger partial charge in [-0.05, 0) is 103 Å². The second kappa shape index (κ2) is 63.8. The summed E-state index contributed by atoms with van der Waals surface area (Å²) in [6.45, 7) is 3.63. The number of allylic oxidation sites excluding steroid dienone is 18.